The molecule has 0 radical (unpaired) electrons. The molecule has 22 heavy (non-hydrogen) atoms. The average Bonchev–Trinajstić information content (AvgIpc) is 2.99. The zero-order chi connectivity index (χ0) is 14.9. The monoisotopic (exact) mass is 300 g/mol. The van der Waals surface area contributed by atoms with Crippen LogP contribution in [0.3, 0.4) is 0 Å². The van der Waals surface area contributed by atoms with Gasteiger partial charge in [-0.15, -0.1) is 0 Å². The van der Waals surface area contributed by atoms with Gasteiger partial charge in [-0.3, -0.25) is 0 Å². The maximum atomic E-state index is 4.65. The summed E-state index contributed by atoms with van der Waals surface area (Å²) >= 11 is 0. The first-order chi connectivity index (χ1) is 10.8. The highest BCUT2D eigenvalue weighted by Gasteiger charge is 2.23. The van der Waals surface area contributed by atoms with Crippen LogP contribution in [0, 0.1) is 5.92 Å². The largest absolute Gasteiger partial charge is 0.356 e. The van der Waals surface area contributed by atoms with Gasteiger partial charge in [0.15, 0.2) is 5.65 Å². The minimum Gasteiger partial charge on any atom is -0.356 e. The fourth-order valence-electron chi connectivity index (χ4n) is 3.80. The number of hydrogen-bond donors (Lipinski definition) is 1. The third-order valence-corrected chi connectivity index (χ3v) is 4.98. The Labute approximate surface area is 130 Å². The van der Waals surface area contributed by atoms with Crippen molar-refractivity contribution in [3.8, 4) is 0 Å². The highest BCUT2D eigenvalue weighted by Crippen LogP contribution is 2.29. The number of hydrogen-bond acceptors (Lipinski definition) is 5. The van der Waals surface area contributed by atoms with Gasteiger partial charge in [0.25, 0.3) is 0 Å². The van der Waals surface area contributed by atoms with E-state index >= 15 is 0 Å². The minimum absolute atomic E-state index is 0.460. The van der Waals surface area contributed by atoms with Gasteiger partial charge < -0.3 is 10.2 Å². The smallest absolute Gasteiger partial charge is 0.163 e. The molecule has 2 fully saturated rings. The Bertz CT molecular complexity index is 645. The molecule has 0 saturated carbocycles. The molecule has 2 saturated heterocycles. The number of anilines is 1. The lowest BCUT2D eigenvalue weighted by molar-refractivity contribution is 0.349. The fourth-order valence-corrected chi connectivity index (χ4v) is 3.80. The summed E-state index contributed by atoms with van der Waals surface area (Å²) in [6.45, 7) is 6.63. The Hall–Kier alpha value is -1.69. The SMILES string of the molecule is C[C@H]1CCCN(c2ncnc3c2cnn3C2CCNCC2)C1. The highest BCUT2D eigenvalue weighted by molar-refractivity contribution is 5.86. The van der Waals surface area contributed by atoms with E-state index in [1.807, 2.05) is 6.20 Å². The van der Waals surface area contributed by atoms with E-state index in [1.54, 1.807) is 6.33 Å². The first-order valence-electron chi connectivity index (χ1n) is 8.47. The third kappa shape index (κ3) is 2.45. The quantitative estimate of drug-likeness (QED) is 0.919. The van der Waals surface area contributed by atoms with E-state index in [-0.39, 0.29) is 0 Å². The molecule has 0 bridgehead atoms. The topological polar surface area (TPSA) is 58.9 Å². The lowest BCUT2D eigenvalue weighted by Crippen LogP contribution is -2.35. The highest BCUT2D eigenvalue weighted by atomic mass is 15.3. The van der Waals surface area contributed by atoms with Crippen LogP contribution in [0.5, 0.6) is 0 Å². The Balaban J connectivity index is 1.70. The average molecular weight is 300 g/mol. The molecule has 4 rings (SSSR count). The van der Waals surface area contributed by atoms with E-state index in [0.29, 0.717) is 6.04 Å². The summed E-state index contributed by atoms with van der Waals surface area (Å²) in [6.07, 6.45) is 8.48. The molecule has 0 amide bonds. The Morgan fingerprint density at radius 3 is 2.86 bits per heavy atom. The molecule has 4 heterocycles. The van der Waals surface area contributed by atoms with Gasteiger partial charge in [0.05, 0.1) is 17.6 Å². The normalized spacial score (nSPS) is 24.0. The van der Waals surface area contributed by atoms with Crippen LogP contribution in [0.1, 0.15) is 38.6 Å². The summed E-state index contributed by atoms with van der Waals surface area (Å²) in [5, 5.41) is 9.17. The zero-order valence-corrected chi connectivity index (χ0v) is 13.2. The predicted molar refractivity (Wildman–Crippen MR) is 87.1 cm³/mol. The summed E-state index contributed by atoms with van der Waals surface area (Å²) in [7, 11) is 0. The number of rotatable bonds is 2. The number of nitrogens with zero attached hydrogens (tertiary/aromatic N) is 5. The summed E-state index contributed by atoms with van der Waals surface area (Å²) in [5.74, 6) is 1.80. The van der Waals surface area contributed by atoms with Crippen molar-refractivity contribution in [2.24, 2.45) is 5.92 Å². The summed E-state index contributed by atoms with van der Waals surface area (Å²) in [5.41, 5.74) is 0.995. The van der Waals surface area contributed by atoms with E-state index < -0.39 is 0 Å². The summed E-state index contributed by atoms with van der Waals surface area (Å²) in [4.78, 5) is 11.5. The molecule has 2 aromatic rings. The van der Waals surface area contributed by atoms with Gasteiger partial charge in [-0.05, 0) is 44.7 Å². The van der Waals surface area contributed by atoms with Gasteiger partial charge in [0.2, 0.25) is 0 Å². The van der Waals surface area contributed by atoms with Crippen LogP contribution in [0.15, 0.2) is 12.5 Å². The lowest BCUT2D eigenvalue weighted by Gasteiger charge is -2.32. The molecule has 6 heteroatoms. The van der Waals surface area contributed by atoms with Crippen LogP contribution in [0.2, 0.25) is 0 Å². The van der Waals surface area contributed by atoms with Crippen molar-refractivity contribution in [2.75, 3.05) is 31.1 Å². The molecule has 2 aliphatic heterocycles. The molecule has 1 atom stereocenters. The number of aromatic nitrogens is 4. The van der Waals surface area contributed by atoms with Gasteiger partial charge >= 0.3 is 0 Å². The van der Waals surface area contributed by atoms with Crippen molar-refractivity contribution in [2.45, 2.75) is 38.6 Å². The standard InChI is InChI=1S/C16H24N6/c1-12-3-2-8-21(10-12)15-14-9-20-22(16(14)19-11-18-15)13-4-6-17-7-5-13/h9,11-13,17H,2-8,10H2,1H3/t12-/m0/s1. The molecule has 0 aromatic carbocycles. The Morgan fingerprint density at radius 2 is 2.05 bits per heavy atom. The van der Waals surface area contributed by atoms with E-state index in [9.17, 15) is 0 Å². The second-order valence-corrected chi connectivity index (χ2v) is 6.70. The van der Waals surface area contributed by atoms with E-state index in [2.05, 4.69) is 36.9 Å². The minimum atomic E-state index is 0.460. The van der Waals surface area contributed by atoms with Crippen molar-refractivity contribution >= 4 is 16.9 Å². The number of piperidine rings is 2. The van der Waals surface area contributed by atoms with Crippen molar-refractivity contribution in [3.63, 3.8) is 0 Å². The maximum absolute atomic E-state index is 4.65. The second-order valence-electron chi connectivity index (χ2n) is 6.70. The van der Waals surface area contributed by atoms with Gasteiger partial charge in [-0.1, -0.05) is 6.92 Å². The van der Waals surface area contributed by atoms with Crippen molar-refractivity contribution in [1.82, 2.24) is 25.1 Å². The zero-order valence-electron chi connectivity index (χ0n) is 13.2. The Morgan fingerprint density at radius 1 is 1.18 bits per heavy atom. The predicted octanol–water partition coefficient (Wildman–Crippen LogP) is 1.99. The molecule has 6 nitrogen and oxygen atoms in total. The van der Waals surface area contributed by atoms with Crippen LogP contribution >= 0.6 is 0 Å². The molecule has 0 spiro atoms. The van der Waals surface area contributed by atoms with E-state index in [1.165, 1.54) is 12.8 Å². The van der Waals surface area contributed by atoms with E-state index in [0.717, 1.165) is 61.8 Å². The van der Waals surface area contributed by atoms with Crippen LogP contribution in [0.25, 0.3) is 11.0 Å². The molecule has 2 aromatic heterocycles. The summed E-state index contributed by atoms with van der Waals surface area (Å²) < 4.78 is 2.12. The van der Waals surface area contributed by atoms with Crippen molar-refractivity contribution < 1.29 is 0 Å². The molecule has 0 unspecified atom stereocenters. The van der Waals surface area contributed by atoms with Crippen LogP contribution in [-0.2, 0) is 0 Å². The summed E-state index contributed by atoms with van der Waals surface area (Å²) in [6, 6.07) is 0.460. The van der Waals surface area contributed by atoms with E-state index in [4.69, 9.17) is 0 Å². The van der Waals surface area contributed by atoms with Gasteiger partial charge in [-0.2, -0.15) is 5.10 Å². The molecular formula is C16H24N6. The first-order valence-corrected chi connectivity index (χ1v) is 8.47. The van der Waals surface area contributed by atoms with Crippen molar-refractivity contribution in [3.05, 3.63) is 12.5 Å². The molecule has 1 N–H and O–H groups in total. The first kappa shape index (κ1) is 13.9. The number of nitrogens with one attached hydrogen (secondary N) is 1. The van der Waals surface area contributed by atoms with Crippen molar-refractivity contribution in [1.29, 1.82) is 0 Å². The number of fused-ring (bicyclic) bond motifs is 1. The lowest BCUT2D eigenvalue weighted by atomic mass is 10.0. The van der Waals surface area contributed by atoms with Crippen LogP contribution < -0.4 is 10.2 Å². The second kappa shape index (κ2) is 5.83. The molecular weight excluding hydrogens is 276 g/mol. The van der Waals surface area contributed by atoms with Gasteiger partial charge in [-0.25, -0.2) is 14.6 Å². The van der Waals surface area contributed by atoms with Gasteiger partial charge in [0, 0.05) is 13.1 Å². The molecule has 2 aliphatic rings. The fraction of sp³-hybridized carbons (Fsp3) is 0.688. The van der Waals surface area contributed by atoms with Crippen LogP contribution in [-0.4, -0.2) is 45.9 Å². The van der Waals surface area contributed by atoms with Crippen LogP contribution in [0.4, 0.5) is 5.82 Å². The van der Waals surface area contributed by atoms with Gasteiger partial charge in [0.1, 0.15) is 12.1 Å². The third-order valence-electron chi connectivity index (χ3n) is 4.98. The molecule has 118 valence electrons. The maximum Gasteiger partial charge on any atom is 0.163 e. The molecule has 0 aliphatic carbocycles. The Kier molecular flexibility index (Phi) is 3.70.